The molecule has 4 N–H and O–H groups in total. The van der Waals surface area contributed by atoms with Crippen molar-refractivity contribution in [2.75, 3.05) is 6.61 Å². The topological polar surface area (TPSA) is 119 Å². The second kappa shape index (κ2) is 5.60. The Morgan fingerprint density at radius 2 is 2.10 bits per heavy atom. The SMILES string of the molecule is NC(=O)C[C@H](NC(=O)C1COc2ccccc21)C(=O)O. The summed E-state index contributed by atoms with van der Waals surface area (Å²) in [6.45, 7) is 0.147. The molecule has 7 nitrogen and oxygen atoms in total. The lowest BCUT2D eigenvalue weighted by atomic mass is 10.00. The predicted octanol–water partition coefficient (Wildman–Crippen LogP) is -0.393. The van der Waals surface area contributed by atoms with Crippen molar-refractivity contribution in [2.45, 2.75) is 18.4 Å². The number of carbonyl (C=O) groups is 3. The molecule has 1 aliphatic rings. The molecule has 1 aliphatic heterocycles. The highest BCUT2D eigenvalue weighted by atomic mass is 16.5. The number of carbonyl (C=O) groups excluding carboxylic acids is 2. The van der Waals surface area contributed by atoms with Crippen molar-refractivity contribution < 1.29 is 24.2 Å². The van der Waals surface area contributed by atoms with Crippen LogP contribution in [0.1, 0.15) is 17.9 Å². The summed E-state index contributed by atoms with van der Waals surface area (Å²) in [5, 5.41) is 11.3. The van der Waals surface area contributed by atoms with Crippen LogP contribution >= 0.6 is 0 Å². The molecule has 0 aromatic heterocycles. The van der Waals surface area contributed by atoms with E-state index in [9.17, 15) is 14.4 Å². The van der Waals surface area contributed by atoms with Gasteiger partial charge in [0.2, 0.25) is 11.8 Å². The molecule has 0 bridgehead atoms. The van der Waals surface area contributed by atoms with Crippen LogP contribution in [0.3, 0.4) is 0 Å². The van der Waals surface area contributed by atoms with Crippen molar-refractivity contribution >= 4 is 17.8 Å². The molecule has 1 unspecified atom stereocenters. The van der Waals surface area contributed by atoms with Crippen molar-refractivity contribution in [3.63, 3.8) is 0 Å². The highest BCUT2D eigenvalue weighted by Gasteiger charge is 2.32. The Labute approximate surface area is 114 Å². The van der Waals surface area contributed by atoms with Crippen LogP contribution in [-0.4, -0.2) is 35.5 Å². The molecule has 106 valence electrons. The van der Waals surface area contributed by atoms with E-state index in [0.717, 1.165) is 0 Å². The monoisotopic (exact) mass is 278 g/mol. The number of primary amides is 1. The van der Waals surface area contributed by atoms with Gasteiger partial charge < -0.3 is 20.9 Å². The van der Waals surface area contributed by atoms with E-state index in [-0.39, 0.29) is 6.61 Å². The fraction of sp³-hybridized carbons (Fsp3) is 0.308. The lowest BCUT2D eigenvalue weighted by Crippen LogP contribution is -2.45. The summed E-state index contributed by atoms with van der Waals surface area (Å²) >= 11 is 0. The quantitative estimate of drug-likeness (QED) is 0.677. The molecule has 2 atom stereocenters. The fourth-order valence-corrected chi connectivity index (χ4v) is 2.05. The van der Waals surface area contributed by atoms with E-state index >= 15 is 0 Å². The average Bonchev–Trinajstić information content (AvgIpc) is 2.81. The van der Waals surface area contributed by atoms with Gasteiger partial charge in [0, 0.05) is 5.56 Å². The number of hydrogen-bond donors (Lipinski definition) is 3. The van der Waals surface area contributed by atoms with E-state index in [1.807, 2.05) is 0 Å². The molecule has 1 aromatic rings. The minimum absolute atomic E-state index is 0.147. The molecule has 7 heteroatoms. The number of para-hydroxylation sites is 1. The number of ether oxygens (including phenoxy) is 1. The zero-order valence-corrected chi connectivity index (χ0v) is 10.5. The largest absolute Gasteiger partial charge is 0.492 e. The summed E-state index contributed by atoms with van der Waals surface area (Å²) in [6, 6.07) is 5.71. The van der Waals surface area contributed by atoms with Gasteiger partial charge in [-0.15, -0.1) is 0 Å². The van der Waals surface area contributed by atoms with Gasteiger partial charge in [-0.3, -0.25) is 9.59 Å². The molecule has 0 saturated heterocycles. The smallest absolute Gasteiger partial charge is 0.326 e. The van der Waals surface area contributed by atoms with Crippen LogP contribution in [0.5, 0.6) is 5.75 Å². The maximum atomic E-state index is 12.1. The van der Waals surface area contributed by atoms with E-state index < -0.39 is 36.2 Å². The van der Waals surface area contributed by atoms with Gasteiger partial charge in [0.15, 0.2) is 0 Å². The van der Waals surface area contributed by atoms with Gasteiger partial charge in [0.05, 0.1) is 6.42 Å². The van der Waals surface area contributed by atoms with Gasteiger partial charge in [-0.1, -0.05) is 18.2 Å². The Hall–Kier alpha value is -2.57. The first-order valence-electron chi connectivity index (χ1n) is 6.02. The molecular formula is C13H14N2O5. The Kier molecular flexibility index (Phi) is 3.88. The first-order chi connectivity index (χ1) is 9.49. The first kappa shape index (κ1) is 13.9. The van der Waals surface area contributed by atoms with Crippen molar-refractivity contribution in [3.05, 3.63) is 29.8 Å². The molecule has 20 heavy (non-hydrogen) atoms. The van der Waals surface area contributed by atoms with E-state index in [2.05, 4.69) is 5.32 Å². The highest BCUT2D eigenvalue weighted by Crippen LogP contribution is 2.33. The Morgan fingerprint density at radius 3 is 2.75 bits per heavy atom. The van der Waals surface area contributed by atoms with Crippen LogP contribution in [0.15, 0.2) is 24.3 Å². The molecule has 1 heterocycles. The van der Waals surface area contributed by atoms with Gasteiger partial charge in [0.25, 0.3) is 0 Å². The minimum atomic E-state index is -1.33. The number of carboxylic acid groups (broad SMARTS) is 1. The summed E-state index contributed by atoms with van der Waals surface area (Å²) in [7, 11) is 0. The third-order valence-corrected chi connectivity index (χ3v) is 3.04. The van der Waals surface area contributed by atoms with Crippen molar-refractivity contribution in [2.24, 2.45) is 5.73 Å². The number of benzene rings is 1. The van der Waals surface area contributed by atoms with Gasteiger partial charge in [-0.05, 0) is 6.07 Å². The standard InChI is InChI=1S/C13H14N2O5/c14-11(16)5-9(13(18)19)15-12(17)8-6-20-10-4-2-1-3-7(8)10/h1-4,8-9H,5-6H2,(H2,14,16)(H,15,17)(H,18,19)/t8?,9-/m0/s1. The summed E-state index contributed by atoms with van der Waals surface area (Å²) in [5.41, 5.74) is 5.66. The fourth-order valence-electron chi connectivity index (χ4n) is 2.05. The summed E-state index contributed by atoms with van der Waals surface area (Å²) in [4.78, 5) is 33.9. The van der Waals surface area contributed by atoms with Crippen LogP contribution < -0.4 is 15.8 Å². The van der Waals surface area contributed by atoms with E-state index in [1.54, 1.807) is 24.3 Å². The van der Waals surface area contributed by atoms with Gasteiger partial charge >= 0.3 is 5.97 Å². The number of rotatable bonds is 5. The number of carboxylic acids is 1. The maximum Gasteiger partial charge on any atom is 0.326 e. The van der Waals surface area contributed by atoms with Crippen molar-refractivity contribution in [1.29, 1.82) is 0 Å². The molecule has 1 aromatic carbocycles. The Morgan fingerprint density at radius 1 is 1.40 bits per heavy atom. The third kappa shape index (κ3) is 2.87. The predicted molar refractivity (Wildman–Crippen MR) is 68.1 cm³/mol. The van der Waals surface area contributed by atoms with E-state index in [1.165, 1.54) is 0 Å². The number of hydrogen-bond acceptors (Lipinski definition) is 4. The zero-order chi connectivity index (χ0) is 14.7. The molecule has 0 radical (unpaired) electrons. The molecule has 0 fully saturated rings. The van der Waals surface area contributed by atoms with Crippen molar-refractivity contribution in [3.8, 4) is 5.75 Å². The van der Waals surface area contributed by atoms with Crippen LogP contribution in [0, 0.1) is 0 Å². The average molecular weight is 278 g/mol. The number of fused-ring (bicyclic) bond motifs is 1. The third-order valence-electron chi connectivity index (χ3n) is 3.04. The summed E-state index contributed by atoms with van der Waals surface area (Å²) in [6.07, 6.45) is -0.448. The second-order valence-electron chi connectivity index (χ2n) is 4.47. The van der Waals surface area contributed by atoms with Crippen LogP contribution in [0.2, 0.25) is 0 Å². The molecule has 0 saturated carbocycles. The van der Waals surface area contributed by atoms with E-state index in [4.69, 9.17) is 15.6 Å². The number of nitrogens with one attached hydrogen (secondary N) is 1. The molecular weight excluding hydrogens is 264 g/mol. The summed E-state index contributed by atoms with van der Waals surface area (Å²) < 4.78 is 5.36. The van der Waals surface area contributed by atoms with Crippen LogP contribution in [0.25, 0.3) is 0 Å². The molecule has 0 spiro atoms. The molecule has 2 rings (SSSR count). The van der Waals surface area contributed by atoms with Gasteiger partial charge in [0.1, 0.15) is 24.3 Å². The number of aliphatic carboxylic acids is 1. The maximum absolute atomic E-state index is 12.1. The van der Waals surface area contributed by atoms with Gasteiger partial charge in [-0.2, -0.15) is 0 Å². The van der Waals surface area contributed by atoms with Crippen molar-refractivity contribution in [1.82, 2.24) is 5.32 Å². The normalized spacial score (nSPS) is 17.7. The molecule has 0 aliphatic carbocycles. The van der Waals surface area contributed by atoms with Crippen LogP contribution in [-0.2, 0) is 14.4 Å². The second-order valence-corrected chi connectivity index (χ2v) is 4.47. The first-order valence-corrected chi connectivity index (χ1v) is 6.02. The van der Waals surface area contributed by atoms with Gasteiger partial charge in [-0.25, -0.2) is 4.79 Å². The zero-order valence-electron chi connectivity index (χ0n) is 10.5. The molecule has 2 amide bonds. The highest BCUT2D eigenvalue weighted by molar-refractivity contribution is 5.91. The van der Waals surface area contributed by atoms with E-state index in [0.29, 0.717) is 11.3 Å². The Bertz CT molecular complexity index is 557. The lowest BCUT2D eigenvalue weighted by Gasteiger charge is -2.15. The summed E-state index contributed by atoms with van der Waals surface area (Å²) in [5.74, 6) is -2.57. The minimum Gasteiger partial charge on any atom is -0.492 e. The lowest BCUT2D eigenvalue weighted by molar-refractivity contribution is -0.143. The van der Waals surface area contributed by atoms with Crippen LogP contribution in [0.4, 0.5) is 0 Å². The Balaban J connectivity index is 2.09. The number of amides is 2. The number of nitrogens with two attached hydrogens (primary N) is 1.